The number of carbonyl (C=O) groups is 3. The molecule has 0 fully saturated rings. The van der Waals surface area contributed by atoms with Gasteiger partial charge in [-0.25, -0.2) is 9.97 Å². The number of unbranched alkanes of at least 4 members (excludes halogenated alkanes) is 4. The number of aromatic nitrogens is 2. The lowest BCUT2D eigenvalue weighted by Gasteiger charge is -2.20. The topological polar surface area (TPSA) is 131 Å². The average molecular weight is 677 g/mol. The normalized spacial score (nSPS) is 12.5. The summed E-state index contributed by atoms with van der Waals surface area (Å²) in [6.07, 6.45) is 4.73. The fraction of sp³-hybridized carbons (Fsp3) is 0.324. The number of nitrogens with one attached hydrogen (secondary N) is 2. The molecule has 1 heterocycles. The number of alkyl halides is 3. The van der Waals surface area contributed by atoms with Gasteiger partial charge in [-0.15, -0.1) is 0 Å². The van der Waals surface area contributed by atoms with E-state index >= 15 is 0 Å². The van der Waals surface area contributed by atoms with E-state index in [2.05, 4.69) is 27.5 Å². The maximum atomic E-state index is 13.0. The standard InChI is InChI=1S/C37H39F3N4O5/c1-3-4-5-6-7-20-49-31-18-14-26(15-19-31)29-22-41-33(42-23-29)27-10-8-25(9-11-27)21-32(35(46)43-24(2)36(47)48)44-34(45)28-12-16-30(17-13-28)37(38,39)40/h8-19,22-24,32H,3-7,20-21H2,1-2H3,(H,43,46)(H,44,45)(H,47,48)/t24-,32+/m1/s1. The van der Waals surface area contributed by atoms with Gasteiger partial charge in [0.25, 0.3) is 5.91 Å². The SMILES string of the molecule is CCCCCCCOc1ccc(-c2cnc(-c3ccc(C[C@H](NC(=O)c4ccc(C(F)(F)F)cc4)C(=O)N[C@H](C)C(=O)O)cc3)nc2)cc1. The van der Waals surface area contributed by atoms with Gasteiger partial charge in [-0.3, -0.25) is 14.4 Å². The summed E-state index contributed by atoms with van der Waals surface area (Å²) in [4.78, 5) is 46.2. The molecule has 1 aromatic heterocycles. The van der Waals surface area contributed by atoms with Crippen LogP contribution in [0, 0.1) is 0 Å². The molecule has 0 aliphatic carbocycles. The molecule has 49 heavy (non-hydrogen) atoms. The molecule has 0 unspecified atom stereocenters. The lowest BCUT2D eigenvalue weighted by molar-refractivity contribution is -0.141. The van der Waals surface area contributed by atoms with Gasteiger partial charge in [-0.2, -0.15) is 13.2 Å². The number of amides is 2. The first-order valence-corrected chi connectivity index (χ1v) is 16.1. The Morgan fingerprint density at radius 3 is 2.00 bits per heavy atom. The van der Waals surface area contributed by atoms with Gasteiger partial charge in [-0.1, -0.05) is 69.0 Å². The smallest absolute Gasteiger partial charge is 0.416 e. The third-order valence-electron chi connectivity index (χ3n) is 7.83. The number of hydrogen-bond acceptors (Lipinski definition) is 6. The highest BCUT2D eigenvalue weighted by Crippen LogP contribution is 2.29. The molecule has 0 saturated carbocycles. The van der Waals surface area contributed by atoms with Crippen molar-refractivity contribution < 1.29 is 37.4 Å². The van der Waals surface area contributed by atoms with Crippen LogP contribution in [-0.4, -0.2) is 51.5 Å². The Balaban J connectivity index is 1.40. The van der Waals surface area contributed by atoms with Gasteiger partial charge in [-0.05, 0) is 60.9 Å². The van der Waals surface area contributed by atoms with Crippen molar-refractivity contribution in [2.45, 2.75) is 70.6 Å². The van der Waals surface area contributed by atoms with Gasteiger partial charge in [0.15, 0.2) is 5.82 Å². The van der Waals surface area contributed by atoms with Crippen LogP contribution in [0.15, 0.2) is 85.2 Å². The Bertz CT molecular complexity index is 1680. The van der Waals surface area contributed by atoms with Crippen LogP contribution in [0.5, 0.6) is 5.75 Å². The minimum absolute atomic E-state index is 0.0246. The van der Waals surface area contributed by atoms with E-state index in [-0.39, 0.29) is 12.0 Å². The van der Waals surface area contributed by atoms with Gasteiger partial charge < -0.3 is 20.5 Å². The number of ether oxygens (including phenoxy) is 1. The van der Waals surface area contributed by atoms with Crippen molar-refractivity contribution in [1.29, 1.82) is 0 Å². The molecule has 0 bridgehead atoms. The zero-order chi connectivity index (χ0) is 35.4. The average Bonchev–Trinajstić information content (AvgIpc) is 3.09. The zero-order valence-electron chi connectivity index (χ0n) is 27.3. The number of carboxylic acids is 1. The van der Waals surface area contributed by atoms with Gasteiger partial charge in [0.2, 0.25) is 5.91 Å². The van der Waals surface area contributed by atoms with Crippen LogP contribution in [0.3, 0.4) is 0 Å². The largest absolute Gasteiger partial charge is 0.494 e. The maximum Gasteiger partial charge on any atom is 0.416 e. The number of hydrogen-bond donors (Lipinski definition) is 3. The van der Waals surface area contributed by atoms with Crippen molar-refractivity contribution in [1.82, 2.24) is 20.6 Å². The van der Waals surface area contributed by atoms with Crippen molar-refractivity contribution in [2.75, 3.05) is 6.61 Å². The summed E-state index contributed by atoms with van der Waals surface area (Å²) in [6, 6.07) is 15.8. The van der Waals surface area contributed by atoms with E-state index in [1.165, 1.54) is 26.2 Å². The number of halogens is 3. The van der Waals surface area contributed by atoms with Crippen LogP contribution >= 0.6 is 0 Å². The fourth-order valence-corrected chi connectivity index (χ4v) is 4.93. The van der Waals surface area contributed by atoms with Crippen LogP contribution in [-0.2, 0) is 22.2 Å². The van der Waals surface area contributed by atoms with Crippen molar-refractivity contribution in [3.63, 3.8) is 0 Å². The van der Waals surface area contributed by atoms with E-state index in [1.807, 2.05) is 24.3 Å². The number of rotatable bonds is 16. The Morgan fingerprint density at radius 1 is 0.796 bits per heavy atom. The van der Waals surface area contributed by atoms with E-state index in [0.717, 1.165) is 54.0 Å². The molecule has 4 aromatic rings. The van der Waals surface area contributed by atoms with Crippen LogP contribution in [0.2, 0.25) is 0 Å². The van der Waals surface area contributed by atoms with Crippen molar-refractivity contribution in [2.24, 2.45) is 0 Å². The van der Waals surface area contributed by atoms with Gasteiger partial charge >= 0.3 is 12.1 Å². The van der Waals surface area contributed by atoms with E-state index in [0.29, 0.717) is 23.6 Å². The van der Waals surface area contributed by atoms with Crippen molar-refractivity contribution >= 4 is 17.8 Å². The summed E-state index contributed by atoms with van der Waals surface area (Å²) in [5.74, 6) is -1.54. The lowest BCUT2D eigenvalue weighted by atomic mass is 10.0. The van der Waals surface area contributed by atoms with E-state index < -0.39 is 41.6 Å². The third kappa shape index (κ3) is 10.9. The Hall–Kier alpha value is -5.26. The molecule has 12 heteroatoms. The highest BCUT2D eigenvalue weighted by Gasteiger charge is 2.31. The predicted octanol–water partition coefficient (Wildman–Crippen LogP) is 7.11. The maximum absolute atomic E-state index is 13.0. The third-order valence-corrected chi connectivity index (χ3v) is 7.83. The number of carbonyl (C=O) groups excluding carboxylic acids is 2. The molecule has 3 aromatic carbocycles. The number of nitrogens with zero attached hydrogens (tertiary/aromatic N) is 2. The summed E-state index contributed by atoms with van der Waals surface area (Å²) < 4.78 is 44.7. The molecular formula is C37H39F3N4O5. The fourth-order valence-electron chi connectivity index (χ4n) is 4.93. The number of carboxylic acid groups (broad SMARTS) is 1. The predicted molar refractivity (Wildman–Crippen MR) is 179 cm³/mol. The first-order chi connectivity index (χ1) is 23.4. The van der Waals surface area contributed by atoms with E-state index in [1.54, 1.807) is 36.7 Å². The number of aliphatic carboxylic acids is 1. The second kappa shape index (κ2) is 17.2. The highest BCUT2D eigenvalue weighted by atomic mass is 19.4. The Labute approximate surface area is 283 Å². The minimum Gasteiger partial charge on any atom is -0.494 e. The van der Waals surface area contributed by atoms with Crippen LogP contribution in [0.4, 0.5) is 13.2 Å². The molecule has 3 N–H and O–H groups in total. The Morgan fingerprint density at radius 2 is 1.41 bits per heavy atom. The second-order valence-corrected chi connectivity index (χ2v) is 11.7. The second-order valence-electron chi connectivity index (χ2n) is 11.7. The summed E-state index contributed by atoms with van der Waals surface area (Å²) >= 11 is 0. The Kier molecular flexibility index (Phi) is 12.9. The van der Waals surface area contributed by atoms with Crippen LogP contribution in [0.1, 0.15) is 67.4 Å². The molecule has 0 aliphatic heterocycles. The van der Waals surface area contributed by atoms with Crippen LogP contribution in [0.25, 0.3) is 22.5 Å². The van der Waals surface area contributed by atoms with Crippen molar-refractivity contribution in [3.8, 4) is 28.3 Å². The van der Waals surface area contributed by atoms with Crippen molar-refractivity contribution in [3.05, 3.63) is 102 Å². The monoisotopic (exact) mass is 676 g/mol. The van der Waals surface area contributed by atoms with Gasteiger partial charge in [0.05, 0.1) is 12.2 Å². The molecule has 0 aliphatic rings. The first kappa shape index (κ1) is 36.6. The molecule has 2 amide bonds. The zero-order valence-corrected chi connectivity index (χ0v) is 27.3. The van der Waals surface area contributed by atoms with Gasteiger partial charge in [0, 0.05) is 35.5 Å². The first-order valence-electron chi connectivity index (χ1n) is 16.1. The molecule has 9 nitrogen and oxygen atoms in total. The molecule has 0 radical (unpaired) electrons. The summed E-state index contributed by atoms with van der Waals surface area (Å²) in [7, 11) is 0. The molecule has 4 rings (SSSR count). The molecule has 2 atom stereocenters. The summed E-state index contributed by atoms with van der Waals surface area (Å²) in [5.41, 5.74) is 2.09. The van der Waals surface area contributed by atoms with Gasteiger partial charge in [0.1, 0.15) is 17.8 Å². The molecule has 258 valence electrons. The number of benzene rings is 3. The van der Waals surface area contributed by atoms with E-state index in [9.17, 15) is 32.7 Å². The molecule has 0 spiro atoms. The van der Waals surface area contributed by atoms with E-state index in [4.69, 9.17) is 4.74 Å². The molecule has 0 saturated heterocycles. The lowest BCUT2D eigenvalue weighted by Crippen LogP contribution is -2.51. The minimum atomic E-state index is -4.57. The van der Waals surface area contributed by atoms with Crippen LogP contribution < -0.4 is 15.4 Å². The summed E-state index contributed by atoms with van der Waals surface area (Å²) in [5, 5.41) is 14.1. The quantitative estimate of drug-likeness (QED) is 0.108. The highest BCUT2D eigenvalue weighted by molar-refractivity contribution is 5.98. The summed E-state index contributed by atoms with van der Waals surface area (Å²) in [6.45, 7) is 4.15. The molecular weight excluding hydrogens is 637 g/mol.